The second-order valence-electron chi connectivity index (χ2n) is 7.10. The Morgan fingerprint density at radius 1 is 1.09 bits per heavy atom. The van der Waals surface area contributed by atoms with Crippen LogP contribution in [0.1, 0.15) is 22.9 Å². The zero-order valence-corrected chi connectivity index (χ0v) is 17.8. The second kappa shape index (κ2) is 8.95. The van der Waals surface area contributed by atoms with E-state index in [-0.39, 0.29) is 10.5 Å². The Bertz CT molecular complexity index is 1250. The molecule has 0 bridgehead atoms. The molecule has 35 heavy (non-hydrogen) atoms. The molecular formula is C18H14F6N4O6S. The molecule has 1 aromatic heterocycles. The van der Waals surface area contributed by atoms with Gasteiger partial charge >= 0.3 is 24.0 Å². The van der Waals surface area contributed by atoms with Crippen molar-refractivity contribution in [3.63, 3.8) is 0 Å². The molecule has 2 aliphatic heterocycles. The van der Waals surface area contributed by atoms with Crippen LogP contribution in [0.3, 0.4) is 0 Å². The molecule has 0 fully saturated rings. The third kappa shape index (κ3) is 5.45. The standard InChI is InChI=1S/C16H13F3N4O4S.C2HF3O2/c17-16(18,19)15(22-23-15)9-1-3-10(4-2-9)28(25,26)21-14(24)13-11-6-8-27-12(11)5-7-20-13;3-2(4,5)1(6)7/h1-4,6,8,13,20H,5,7H2,(H,21,24);(H,6,7). The summed E-state index contributed by atoms with van der Waals surface area (Å²) < 4.78 is 103. The van der Waals surface area contributed by atoms with Gasteiger partial charge in [-0.15, -0.1) is 10.2 Å². The minimum atomic E-state index is -5.08. The Morgan fingerprint density at radius 3 is 2.14 bits per heavy atom. The van der Waals surface area contributed by atoms with E-state index in [1.807, 2.05) is 4.72 Å². The van der Waals surface area contributed by atoms with Gasteiger partial charge in [0.2, 0.25) is 0 Å². The number of carbonyl (C=O) groups is 2. The lowest BCUT2D eigenvalue weighted by Gasteiger charge is -2.22. The van der Waals surface area contributed by atoms with Crippen LogP contribution in [0.15, 0.2) is 56.1 Å². The number of fused-ring (bicyclic) bond motifs is 1. The van der Waals surface area contributed by atoms with Crippen molar-refractivity contribution in [3.8, 4) is 0 Å². The summed E-state index contributed by atoms with van der Waals surface area (Å²) in [5.74, 6) is -2.98. The maximum atomic E-state index is 13.0. The topological polar surface area (TPSA) is 150 Å². The first-order valence-electron chi connectivity index (χ1n) is 9.36. The van der Waals surface area contributed by atoms with Crippen LogP contribution in [0.4, 0.5) is 26.3 Å². The molecule has 3 heterocycles. The van der Waals surface area contributed by atoms with Crippen LogP contribution in [0, 0.1) is 0 Å². The highest BCUT2D eigenvalue weighted by Gasteiger charge is 2.65. The lowest BCUT2D eigenvalue weighted by atomic mass is 10.0. The van der Waals surface area contributed by atoms with Crippen molar-refractivity contribution in [2.45, 2.75) is 35.4 Å². The predicted molar refractivity (Wildman–Crippen MR) is 101 cm³/mol. The first-order chi connectivity index (χ1) is 16.1. The Morgan fingerprint density at radius 2 is 1.66 bits per heavy atom. The van der Waals surface area contributed by atoms with E-state index in [1.165, 1.54) is 6.26 Å². The zero-order chi connectivity index (χ0) is 26.2. The van der Waals surface area contributed by atoms with E-state index in [1.54, 1.807) is 6.07 Å². The summed E-state index contributed by atoms with van der Waals surface area (Å²) in [5.41, 5.74) is -2.40. The van der Waals surface area contributed by atoms with Gasteiger partial charge in [-0.3, -0.25) is 4.79 Å². The molecule has 1 amide bonds. The van der Waals surface area contributed by atoms with E-state index >= 15 is 0 Å². The number of rotatable bonds is 4. The van der Waals surface area contributed by atoms with Crippen molar-refractivity contribution in [1.29, 1.82) is 0 Å². The van der Waals surface area contributed by atoms with Gasteiger partial charge in [-0.1, -0.05) is 12.1 Å². The number of furan rings is 1. The third-order valence-electron chi connectivity index (χ3n) is 4.79. The van der Waals surface area contributed by atoms with E-state index in [2.05, 4.69) is 15.5 Å². The minimum Gasteiger partial charge on any atom is -0.475 e. The van der Waals surface area contributed by atoms with Gasteiger partial charge in [-0.05, 0) is 18.2 Å². The Kier molecular flexibility index (Phi) is 6.69. The van der Waals surface area contributed by atoms with Crippen LogP contribution in [0.25, 0.3) is 0 Å². The van der Waals surface area contributed by atoms with E-state index < -0.39 is 46.0 Å². The van der Waals surface area contributed by atoms with E-state index in [4.69, 9.17) is 14.3 Å². The van der Waals surface area contributed by atoms with Crippen molar-refractivity contribution in [3.05, 3.63) is 53.5 Å². The fourth-order valence-electron chi connectivity index (χ4n) is 3.04. The molecule has 0 radical (unpaired) electrons. The number of alkyl halides is 6. The van der Waals surface area contributed by atoms with Crippen molar-refractivity contribution >= 4 is 21.9 Å². The number of amides is 1. The van der Waals surface area contributed by atoms with Crippen molar-refractivity contribution in [2.24, 2.45) is 10.2 Å². The van der Waals surface area contributed by atoms with Gasteiger partial charge in [0.05, 0.1) is 11.2 Å². The van der Waals surface area contributed by atoms with Gasteiger partial charge < -0.3 is 14.8 Å². The molecule has 0 saturated carbocycles. The summed E-state index contributed by atoms with van der Waals surface area (Å²) >= 11 is 0. The first-order valence-corrected chi connectivity index (χ1v) is 10.8. The summed E-state index contributed by atoms with van der Waals surface area (Å²) in [4.78, 5) is 21.0. The van der Waals surface area contributed by atoms with E-state index in [0.717, 1.165) is 24.3 Å². The quantitative estimate of drug-likeness (QED) is 0.517. The van der Waals surface area contributed by atoms with E-state index in [0.29, 0.717) is 24.3 Å². The monoisotopic (exact) mass is 528 g/mol. The highest BCUT2D eigenvalue weighted by atomic mass is 32.2. The smallest absolute Gasteiger partial charge is 0.475 e. The number of carbonyl (C=O) groups excluding carboxylic acids is 1. The SMILES string of the molecule is O=C(NS(=O)(=O)c1ccc(C2(C(F)(F)F)N=N2)cc1)C1NCCc2occc21.O=C(O)C(F)(F)F. The fourth-order valence-corrected chi connectivity index (χ4v) is 4.04. The van der Waals surface area contributed by atoms with Gasteiger partial charge in [0.1, 0.15) is 11.8 Å². The average molecular weight is 528 g/mol. The van der Waals surface area contributed by atoms with Crippen molar-refractivity contribution in [1.82, 2.24) is 10.0 Å². The van der Waals surface area contributed by atoms with Gasteiger partial charge in [0.25, 0.3) is 15.9 Å². The molecule has 3 N–H and O–H groups in total. The number of benzene rings is 1. The summed E-state index contributed by atoms with van der Waals surface area (Å²) in [6, 6.07) is 4.55. The third-order valence-corrected chi connectivity index (χ3v) is 6.16. The molecule has 0 saturated heterocycles. The summed E-state index contributed by atoms with van der Waals surface area (Å²) in [6.45, 7) is 0.430. The Hall–Kier alpha value is -3.47. The number of nitrogens with one attached hydrogen (secondary N) is 2. The number of nitrogens with zero attached hydrogens (tertiary/aromatic N) is 2. The van der Waals surface area contributed by atoms with Crippen LogP contribution in [-0.2, 0) is 31.7 Å². The van der Waals surface area contributed by atoms with E-state index in [9.17, 15) is 39.6 Å². The van der Waals surface area contributed by atoms with Gasteiger partial charge in [0.15, 0.2) is 0 Å². The average Bonchev–Trinajstić information content (AvgIpc) is 3.44. The molecule has 2 aliphatic rings. The maximum Gasteiger partial charge on any atom is 0.490 e. The molecule has 2 aromatic rings. The number of aliphatic carboxylic acids is 1. The summed E-state index contributed by atoms with van der Waals surface area (Å²) in [5, 5.41) is 16.1. The second-order valence-corrected chi connectivity index (χ2v) is 8.79. The molecule has 4 rings (SSSR count). The molecular weight excluding hydrogens is 514 g/mol. The molecule has 190 valence electrons. The first kappa shape index (κ1) is 26.1. The summed E-state index contributed by atoms with van der Waals surface area (Å²) in [6.07, 6.45) is -7.82. The number of carboxylic acids is 1. The molecule has 0 aliphatic carbocycles. The highest BCUT2D eigenvalue weighted by molar-refractivity contribution is 7.90. The predicted octanol–water partition coefficient (Wildman–Crippen LogP) is 2.79. The van der Waals surface area contributed by atoms with Crippen LogP contribution in [0.2, 0.25) is 0 Å². The maximum absolute atomic E-state index is 13.0. The van der Waals surface area contributed by atoms with Crippen LogP contribution in [0.5, 0.6) is 0 Å². The van der Waals surface area contributed by atoms with Crippen LogP contribution >= 0.6 is 0 Å². The van der Waals surface area contributed by atoms with Crippen molar-refractivity contribution in [2.75, 3.05) is 6.54 Å². The van der Waals surface area contributed by atoms with Crippen LogP contribution < -0.4 is 10.0 Å². The number of carboxylic acid groups (broad SMARTS) is 1. The lowest BCUT2D eigenvalue weighted by Crippen LogP contribution is -2.43. The molecule has 1 unspecified atom stereocenters. The largest absolute Gasteiger partial charge is 0.490 e. The Balaban J connectivity index is 0.000000429. The molecule has 1 atom stereocenters. The van der Waals surface area contributed by atoms with Crippen LogP contribution in [-0.4, -0.2) is 44.3 Å². The number of hydrogen-bond acceptors (Lipinski definition) is 8. The fraction of sp³-hybridized carbons (Fsp3) is 0.333. The molecule has 0 spiro atoms. The summed E-state index contributed by atoms with van der Waals surface area (Å²) in [7, 11) is -4.28. The number of hydrogen-bond donors (Lipinski definition) is 3. The normalized spacial score (nSPS) is 18.6. The van der Waals surface area contributed by atoms with Gasteiger partial charge in [-0.25, -0.2) is 17.9 Å². The molecule has 17 heteroatoms. The highest BCUT2D eigenvalue weighted by Crippen LogP contribution is 2.52. The molecule has 10 nitrogen and oxygen atoms in total. The molecule has 1 aromatic carbocycles. The zero-order valence-electron chi connectivity index (χ0n) is 17.0. The Labute approximate surface area is 192 Å². The number of sulfonamides is 1. The van der Waals surface area contributed by atoms with Gasteiger partial charge in [-0.2, -0.15) is 26.3 Å². The van der Waals surface area contributed by atoms with Gasteiger partial charge in [0, 0.05) is 24.1 Å². The minimum absolute atomic E-state index is 0.303. The van der Waals surface area contributed by atoms with Crippen molar-refractivity contribution < 1.29 is 53.9 Å². The number of halogens is 6. The lowest BCUT2D eigenvalue weighted by molar-refractivity contribution is -0.192.